The monoisotopic (exact) mass is 284 g/mol. The van der Waals surface area contributed by atoms with Crippen LogP contribution in [0.5, 0.6) is 0 Å². The Morgan fingerprint density at radius 2 is 2.16 bits per heavy atom. The predicted octanol–water partition coefficient (Wildman–Crippen LogP) is 1.04. The molecule has 3 atom stereocenters. The zero-order chi connectivity index (χ0) is 13.1. The van der Waals surface area contributed by atoms with Gasteiger partial charge in [-0.25, -0.2) is 0 Å². The largest absolute Gasteiger partial charge is 0.390 e. The molecule has 0 fully saturated rings. The molecule has 19 heavy (non-hydrogen) atoms. The Morgan fingerprint density at radius 1 is 1.47 bits per heavy atom. The van der Waals surface area contributed by atoms with Crippen LogP contribution in [0, 0.1) is 5.92 Å². The molecule has 0 saturated heterocycles. The molecule has 0 bridgehead atoms. The minimum atomic E-state index is -0.520. The highest BCUT2D eigenvalue weighted by Crippen LogP contribution is 2.31. The van der Waals surface area contributed by atoms with Crippen molar-refractivity contribution in [2.75, 3.05) is 13.6 Å². The van der Waals surface area contributed by atoms with Crippen molar-refractivity contribution in [2.45, 2.75) is 25.5 Å². The molecule has 5 heteroatoms. The van der Waals surface area contributed by atoms with Crippen molar-refractivity contribution in [1.29, 1.82) is 0 Å². The first kappa shape index (κ1) is 16.0. The number of hydrogen-bond acceptors (Lipinski definition) is 3. The van der Waals surface area contributed by atoms with E-state index in [1.54, 1.807) is 0 Å². The Kier molecular flexibility index (Phi) is 5.79. The second kappa shape index (κ2) is 6.89. The smallest absolute Gasteiger partial charge is 0.224 e. The summed E-state index contributed by atoms with van der Waals surface area (Å²) < 4.78 is 0. The number of amides is 1. The van der Waals surface area contributed by atoms with Gasteiger partial charge in [0.15, 0.2) is 0 Å². The van der Waals surface area contributed by atoms with Crippen molar-refractivity contribution in [3.05, 3.63) is 35.4 Å². The summed E-state index contributed by atoms with van der Waals surface area (Å²) in [5.41, 5.74) is 2.16. The van der Waals surface area contributed by atoms with E-state index in [4.69, 9.17) is 0 Å². The molecule has 1 unspecified atom stereocenters. The molecule has 0 saturated carbocycles. The Bertz CT molecular complexity index is 439. The summed E-state index contributed by atoms with van der Waals surface area (Å²) in [6.07, 6.45) is 0.0924. The van der Waals surface area contributed by atoms with E-state index in [1.807, 2.05) is 38.2 Å². The lowest BCUT2D eigenvalue weighted by Gasteiger charge is -2.20. The quantitative estimate of drug-likeness (QED) is 0.774. The van der Waals surface area contributed by atoms with Crippen LogP contribution in [-0.4, -0.2) is 30.7 Å². The maximum absolute atomic E-state index is 12.0. The van der Waals surface area contributed by atoms with Crippen LogP contribution in [0.2, 0.25) is 0 Å². The Morgan fingerprint density at radius 3 is 2.84 bits per heavy atom. The molecule has 0 aromatic heterocycles. The van der Waals surface area contributed by atoms with Crippen molar-refractivity contribution in [1.82, 2.24) is 10.6 Å². The van der Waals surface area contributed by atoms with Gasteiger partial charge in [0.25, 0.3) is 0 Å². The molecule has 0 aliphatic heterocycles. The number of carbonyl (C=O) groups is 1. The van der Waals surface area contributed by atoms with Crippen molar-refractivity contribution in [2.24, 2.45) is 5.92 Å². The second-order valence-electron chi connectivity index (χ2n) is 4.92. The molecule has 4 nitrogen and oxygen atoms in total. The van der Waals surface area contributed by atoms with Crippen LogP contribution < -0.4 is 10.6 Å². The van der Waals surface area contributed by atoms with Crippen molar-refractivity contribution in [3.8, 4) is 0 Å². The highest BCUT2D eigenvalue weighted by atomic mass is 35.5. The van der Waals surface area contributed by atoms with Gasteiger partial charge in [0.2, 0.25) is 5.91 Å². The fourth-order valence-electron chi connectivity index (χ4n) is 2.44. The zero-order valence-corrected chi connectivity index (χ0v) is 12.0. The Labute approximate surface area is 120 Å². The van der Waals surface area contributed by atoms with Crippen LogP contribution >= 0.6 is 12.4 Å². The lowest BCUT2D eigenvalue weighted by atomic mass is 10.1. The van der Waals surface area contributed by atoms with Crippen molar-refractivity contribution >= 4 is 18.3 Å². The van der Waals surface area contributed by atoms with E-state index < -0.39 is 6.10 Å². The first-order valence-electron chi connectivity index (χ1n) is 6.34. The van der Waals surface area contributed by atoms with Gasteiger partial charge in [0, 0.05) is 18.9 Å². The fourth-order valence-corrected chi connectivity index (χ4v) is 2.44. The lowest BCUT2D eigenvalue weighted by molar-refractivity contribution is -0.125. The number of rotatable bonds is 4. The van der Waals surface area contributed by atoms with Crippen LogP contribution in [0.3, 0.4) is 0 Å². The van der Waals surface area contributed by atoms with Crippen LogP contribution in [0.4, 0.5) is 0 Å². The molecular weight excluding hydrogens is 264 g/mol. The van der Waals surface area contributed by atoms with E-state index in [-0.39, 0.29) is 30.3 Å². The summed E-state index contributed by atoms with van der Waals surface area (Å²) in [4.78, 5) is 12.0. The molecule has 3 N–H and O–H groups in total. The van der Waals surface area contributed by atoms with E-state index in [9.17, 15) is 9.90 Å². The summed E-state index contributed by atoms with van der Waals surface area (Å²) in [6, 6.07) is 7.60. The van der Waals surface area contributed by atoms with Gasteiger partial charge in [-0.15, -0.1) is 12.4 Å². The number of fused-ring (bicyclic) bond motifs is 1. The third kappa shape index (κ3) is 3.47. The molecule has 1 aliphatic carbocycles. The molecule has 106 valence electrons. The SMILES string of the molecule is CNCC(C)C(=O)N[C@@H]1c2ccccc2C[C@@H]1O.Cl. The maximum atomic E-state index is 12.0. The van der Waals surface area contributed by atoms with E-state index in [0.717, 1.165) is 11.1 Å². The van der Waals surface area contributed by atoms with Crippen LogP contribution in [0.15, 0.2) is 24.3 Å². The number of aliphatic hydroxyl groups excluding tert-OH is 1. The number of halogens is 1. The summed E-state index contributed by atoms with van der Waals surface area (Å²) in [6.45, 7) is 2.51. The minimum Gasteiger partial charge on any atom is -0.390 e. The number of hydrogen-bond donors (Lipinski definition) is 3. The molecule has 1 aromatic rings. The molecule has 1 aliphatic rings. The van der Waals surface area contributed by atoms with E-state index >= 15 is 0 Å². The van der Waals surface area contributed by atoms with E-state index in [0.29, 0.717) is 13.0 Å². The van der Waals surface area contributed by atoms with Gasteiger partial charge in [0.1, 0.15) is 0 Å². The van der Waals surface area contributed by atoms with Crippen LogP contribution in [-0.2, 0) is 11.2 Å². The topological polar surface area (TPSA) is 61.4 Å². The third-order valence-electron chi connectivity index (χ3n) is 3.46. The van der Waals surface area contributed by atoms with Gasteiger partial charge in [-0.2, -0.15) is 0 Å². The number of nitrogens with one attached hydrogen (secondary N) is 2. The second-order valence-corrected chi connectivity index (χ2v) is 4.92. The first-order chi connectivity index (χ1) is 8.63. The summed E-state index contributed by atoms with van der Waals surface area (Å²) in [7, 11) is 1.82. The standard InChI is InChI=1S/C14H20N2O2.ClH/c1-9(8-15-2)14(18)16-13-11-6-4-3-5-10(11)7-12(13)17;/h3-6,9,12-13,15,17H,7-8H2,1-2H3,(H,16,18);1H/t9?,12-,13+;/m0./s1. The molecule has 0 spiro atoms. The average molecular weight is 285 g/mol. The van der Waals surface area contributed by atoms with E-state index in [1.165, 1.54) is 0 Å². The highest BCUT2D eigenvalue weighted by Gasteiger charge is 2.32. The van der Waals surface area contributed by atoms with Crippen molar-refractivity contribution in [3.63, 3.8) is 0 Å². The van der Waals surface area contributed by atoms with Gasteiger partial charge < -0.3 is 15.7 Å². The van der Waals surface area contributed by atoms with E-state index in [2.05, 4.69) is 10.6 Å². The van der Waals surface area contributed by atoms with Gasteiger partial charge >= 0.3 is 0 Å². The molecule has 1 amide bonds. The molecular formula is C14H21ClN2O2. The van der Waals surface area contributed by atoms with Gasteiger partial charge in [-0.3, -0.25) is 4.79 Å². The number of benzene rings is 1. The summed E-state index contributed by atoms with van der Waals surface area (Å²) in [5.74, 6) is -0.125. The summed E-state index contributed by atoms with van der Waals surface area (Å²) >= 11 is 0. The molecule has 0 heterocycles. The predicted molar refractivity (Wildman–Crippen MR) is 77.4 cm³/mol. The average Bonchev–Trinajstić information content (AvgIpc) is 2.66. The third-order valence-corrected chi connectivity index (χ3v) is 3.46. The summed E-state index contributed by atoms with van der Waals surface area (Å²) in [5, 5.41) is 16.0. The number of carbonyl (C=O) groups excluding carboxylic acids is 1. The fraction of sp³-hybridized carbons (Fsp3) is 0.500. The minimum absolute atomic E-state index is 0. The van der Waals surface area contributed by atoms with Crippen LogP contribution in [0.25, 0.3) is 0 Å². The lowest BCUT2D eigenvalue weighted by Crippen LogP contribution is -2.39. The molecule has 2 rings (SSSR count). The Hall–Kier alpha value is -1.10. The Balaban J connectivity index is 0.00000180. The normalized spacial score (nSPS) is 22.3. The number of aliphatic hydroxyl groups is 1. The van der Waals surface area contributed by atoms with Crippen molar-refractivity contribution < 1.29 is 9.90 Å². The maximum Gasteiger partial charge on any atom is 0.224 e. The molecule has 1 aromatic carbocycles. The molecule has 0 radical (unpaired) electrons. The van der Waals surface area contributed by atoms with Gasteiger partial charge in [-0.05, 0) is 18.2 Å². The highest BCUT2D eigenvalue weighted by molar-refractivity contribution is 5.85. The van der Waals surface area contributed by atoms with Gasteiger partial charge in [-0.1, -0.05) is 31.2 Å². The van der Waals surface area contributed by atoms with Gasteiger partial charge in [0.05, 0.1) is 12.1 Å². The first-order valence-corrected chi connectivity index (χ1v) is 6.34. The zero-order valence-electron chi connectivity index (χ0n) is 11.2. The van der Waals surface area contributed by atoms with Crippen LogP contribution in [0.1, 0.15) is 24.1 Å².